The zero-order chi connectivity index (χ0) is 13.4. The van der Waals surface area contributed by atoms with Gasteiger partial charge in [-0.25, -0.2) is 0 Å². The predicted molar refractivity (Wildman–Crippen MR) is 66.3 cm³/mol. The minimum atomic E-state index is -0.483. The first-order chi connectivity index (χ1) is 8.65. The quantitative estimate of drug-likeness (QED) is 0.450. The van der Waals surface area contributed by atoms with Crippen molar-refractivity contribution in [3.05, 3.63) is 39.9 Å². The van der Waals surface area contributed by atoms with Crippen molar-refractivity contribution in [1.82, 2.24) is 5.32 Å². The molecular weight excluding hydrogens is 236 g/mol. The minimum Gasteiger partial charge on any atom is -0.380 e. The third-order valence-corrected chi connectivity index (χ3v) is 2.31. The molecule has 0 spiro atoms. The fourth-order valence-corrected chi connectivity index (χ4v) is 1.48. The molecule has 0 aliphatic rings. The molecule has 98 valence electrons. The van der Waals surface area contributed by atoms with Gasteiger partial charge in [0.1, 0.15) is 0 Å². The van der Waals surface area contributed by atoms with E-state index in [9.17, 15) is 14.9 Å². The number of para-hydroxylation sites is 1. The Kier molecular flexibility index (Phi) is 5.79. The van der Waals surface area contributed by atoms with E-state index in [0.717, 1.165) is 0 Å². The van der Waals surface area contributed by atoms with Gasteiger partial charge in [0.2, 0.25) is 5.91 Å². The molecule has 1 amide bonds. The molecular formula is C12H16N2O4. The van der Waals surface area contributed by atoms with Crippen molar-refractivity contribution < 1.29 is 14.5 Å². The van der Waals surface area contributed by atoms with Crippen molar-refractivity contribution in [2.75, 3.05) is 19.8 Å². The molecule has 0 unspecified atom stereocenters. The molecule has 1 aromatic rings. The highest BCUT2D eigenvalue weighted by Gasteiger charge is 2.14. The fraction of sp³-hybridized carbons (Fsp3) is 0.417. The highest BCUT2D eigenvalue weighted by molar-refractivity contribution is 5.79. The van der Waals surface area contributed by atoms with E-state index in [0.29, 0.717) is 25.3 Å². The Labute approximate surface area is 105 Å². The van der Waals surface area contributed by atoms with Crippen LogP contribution in [0.25, 0.3) is 0 Å². The number of hydrogen-bond acceptors (Lipinski definition) is 4. The monoisotopic (exact) mass is 252 g/mol. The van der Waals surface area contributed by atoms with Crippen molar-refractivity contribution in [1.29, 1.82) is 0 Å². The number of hydrogen-bond donors (Lipinski definition) is 1. The van der Waals surface area contributed by atoms with Crippen LogP contribution >= 0.6 is 0 Å². The number of nitrogens with zero attached hydrogens (tertiary/aromatic N) is 1. The molecule has 18 heavy (non-hydrogen) atoms. The summed E-state index contributed by atoms with van der Waals surface area (Å²) in [5.74, 6) is -0.246. The first kappa shape index (κ1) is 14.1. The first-order valence-corrected chi connectivity index (χ1v) is 5.72. The SMILES string of the molecule is CCOCCNC(=O)Cc1ccccc1[N+](=O)[O-]. The number of carbonyl (C=O) groups excluding carboxylic acids is 1. The second kappa shape index (κ2) is 7.39. The Morgan fingerprint density at radius 3 is 2.83 bits per heavy atom. The minimum absolute atomic E-state index is 0.00325. The summed E-state index contributed by atoms with van der Waals surface area (Å²) in [7, 11) is 0. The normalized spacial score (nSPS) is 10.1. The van der Waals surface area contributed by atoms with Gasteiger partial charge in [-0.3, -0.25) is 14.9 Å². The number of amides is 1. The van der Waals surface area contributed by atoms with Crippen LogP contribution in [-0.4, -0.2) is 30.6 Å². The summed E-state index contributed by atoms with van der Waals surface area (Å²) in [4.78, 5) is 21.8. The topological polar surface area (TPSA) is 81.5 Å². The fourth-order valence-electron chi connectivity index (χ4n) is 1.48. The Morgan fingerprint density at radius 1 is 1.44 bits per heavy atom. The molecule has 1 rings (SSSR count). The summed E-state index contributed by atoms with van der Waals surface area (Å²) in [5.41, 5.74) is 0.383. The molecule has 0 atom stereocenters. The summed E-state index contributed by atoms with van der Waals surface area (Å²) < 4.78 is 5.07. The van der Waals surface area contributed by atoms with Gasteiger partial charge in [-0.05, 0) is 6.92 Å². The molecule has 0 aliphatic carbocycles. The zero-order valence-electron chi connectivity index (χ0n) is 10.2. The van der Waals surface area contributed by atoms with Crippen LogP contribution in [0.2, 0.25) is 0 Å². The van der Waals surface area contributed by atoms with E-state index in [2.05, 4.69) is 5.32 Å². The highest BCUT2D eigenvalue weighted by Crippen LogP contribution is 2.17. The average molecular weight is 252 g/mol. The largest absolute Gasteiger partial charge is 0.380 e. The van der Waals surface area contributed by atoms with Crippen molar-refractivity contribution in [3.8, 4) is 0 Å². The highest BCUT2D eigenvalue weighted by atomic mass is 16.6. The molecule has 1 aromatic carbocycles. The molecule has 0 aromatic heterocycles. The van der Waals surface area contributed by atoms with Crippen LogP contribution in [0.15, 0.2) is 24.3 Å². The number of carbonyl (C=O) groups is 1. The maximum absolute atomic E-state index is 11.6. The van der Waals surface area contributed by atoms with E-state index in [1.807, 2.05) is 6.92 Å². The Hall–Kier alpha value is -1.95. The molecule has 0 bridgehead atoms. The number of benzene rings is 1. The van der Waals surface area contributed by atoms with Crippen LogP contribution < -0.4 is 5.32 Å². The van der Waals surface area contributed by atoms with Crippen LogP contribution in [0, 0.1) is 10.1 Å². The van der Waals surface area contributed by atoms with Gasteiger partial charge in [0, 0.05) is 24.8 Å². The molecule has 0 saturated heterocycles. The van der Waals surface area contributed by atoms with Crippen LogP contribution in [0.3, 0.4) is 0 Å². The van der Waals surface area contributed by atoms with Gasteiger partial charge >= 0.3 is 0 Å². The van der Waals surface area contributed by atoms with Crippen LogP contribution in [0.5, 0.6) is 0 Å². The van der Waals surface area contributed by atoms with Gasteiger partial charge in [-0.1, -0.05) is 18.2 Å². The molecule has 0 radical (unpaired) electrons. The molecule has 0 heterocycles. The summed E-state index contributed by atoms with van der Waals surface area (Å²) in [5, 5.41) is 13.4. The molecule has 0 aliphatic heterocycles. The summed E-state index contributed by atoms with van der Waals surface area (Å²) in [6.45, 7) is 3.32. The Morgan fingerprint density at radius 2 is 2.17 bits per heavy atom. The van der Waals surface area contributed by atoms with Crippen molar-refractivity contribution in [2.45, 2.75) is 13.3 Å². The van der Waals surface area contributed by atoms with E-state index < -0.39 is 4.92 Å². The number of rotatable bonds is 7. The van der Waals surface area contributed by atoms with Crippen LogP contribution in [0.1, 0.15) is 12.5 Å². The number of nitro benzene ring substituents is 1. The lowest BCUT2D eigenvalue weighted by atomic mass is 10.1. The number of nitro groups is 1. The van der Waals surface area contributed by atoms with Gasteiger partial charge in [-0.2, -0.15) is 0 Å². The summed E-state index contributed by atoms with van der Waals surface area (Å²) in [6.07, 6.45) is 0.00325. The molecule has 1 N–H and O–H groups in total. The lowest BCUT2D eigenvalue weighted by Crippen LogP contribution is -2.28. The number of ether oxygens (including phenoxy) is 1. The van der Waals surface area contributed by atoms with Gasteiger partial charge in [0.05, 0.1) is 18.0 Å². The van der Waals surface area contributed by atoms with Crippen molar-refractivity contribution >= 4 is 11.6 Å². The lowest BCUT2D eigenvalue weighted by molar-refractivity contribution is -0.385. The second-order valence-corrected chi connectivity index (χ2v) is 3.61. The molecule has 0 saturated carbocycles. The zero-order valence-corrected chi connectivity index (χ0v) is 10.2. The maximum atomic E-state index is 11.6. The maximum Gasteiger partial charge on any atom is 0.273 e. The van der Waals surface area contributed by atoms with Gasteiger partial charge < -0.3 is 10.1 Å². The van der Waals surface area contributed by atoms with Crippen molar-refractivity contribution in [2.24, 2.45) is 0 Å². The Balaban J connectivity index is 2.51. The lowest BCUT2D eigenvalue weighted by Gasteiger charge is -2.05. The molecule has 6 nitrogen and oxygen atoms in total. The molecule has 6 heteroatoms. The standard InChI is InChI=1S/C12H16N2O4/c1-2-18-8-7-13-12(15)9-10-5-3-4-6-11(10)14(16)17/h3-6H,2,7-9H2,1H3,(H,13,15). The van der Waals surface area contributed by atoms with E-state index in [1.54, 1.807) is 18.2 Å². The summed E-state index contributed by atoms with van der Waals surface area (Å²) >= 11 is 0. The van der Waals surface area contributed by atoms with E-state index in [4.69, 9.17) is 4.74 Å². The Bertz CT molecular complexity index is 420. The second-order valence-electron chi connectivity index (χ2n) is 3.61. The van der Waals surface area contributed by atoms with Crippen LogP contribution in [0.4, 0.5) is 5.69 Å². The van der Waals surface area contributed by atoms with Crippen molar-refractivity contribution in [3.63, 3.8) is 0 Å². The third-order valence-electron chi connectivity index (χ3n) is 2.31. The first-order valence-electron chi connectivity index (χ1n) is 5.72. The molecule has 0 fully saturated rings. The van der Waals surface area contributed by atoms with E-state index >= 15 is 0 Å². The van der Waals surface area contributed by atoms with E-state index in [1.165, 1.54) is 6.07 Å². The van der Waals surface area contributed by atoms with E-state index in [-0.39, 0.29) is 18.0 Å². The predicted octanol–water partition coefficient (Wildman–Crippen LogP) is 1.29. The average Bonchev–Trinajstić information content (AvgIpc) is 2.35. The van der Waals surface area contributed by atoms with Gasteiger partial charge in [-0.15, -0.1) is 0 Å². The third kappa shape index (κ3) is 4.50. The smallest absolute Gasteiger partial charge is 0.273 e. The number of nitrogens with one attached hydrogen (secondary N) is 1. The van der Waals surface area contributed by atoms with Gasteiger partial charge in [0.25, 0.3) is 5.69 Å². The van der Waals surface area contributed by atoms with Crippen LogP contribution in [-0.2, 0) is 16.0 Å². The van der Waals surface area contributed by atoms with Gasteiger partial charge in [0.15, 0.2) is 0 Å². The summed E-state index contributed by atoms with van der Waals surface area (Å²) in [6, 6.07) is 6.23.